The minimum atomic E-state index is 0.363. The SMILES string of the molecule is CCN(CC)CCCN1C(N2CCOCC2)=CN2c3ccccc3SC12. The first-order valence-electron chi connectivity index (χ1n) is 9.89. The van der Waals surface area contributed by atoms with Crippen LogP contribution in [0.5, 0.6) is 0 Å². The Labute approximate surface area is 161 Å². The van der Waals surface area contributed by atoms with E-state index in [1.807, 2.05) is 11.8 Å². The molecule has 4 rings (SSSR count). The number of para-hydroxylation sites is 1. The first kappa shape index (κ1) is 18.0. The molecule has 0 aliphatic carbocycles. The molecule has 1 atom stereocenters. The van der Waals surface area contributed by atoms with Crippen molar-refractivity contribution in [3.8, 4) is 0 Å². The van der Waals surface area contributed by atoms with Crippen molar-refractivity contribution in [1.29, 1.82) is 0 Å². The molecule has 0 radical (unpaired) electrons. The molecule has 1 unspecified atom stereocenters. The molecule has 26 heavy (non-hydrogen) atoms. The van der Waals surface area contributed by atoms with E-state index in [4.69, 9.17) is 4.74 Å². The lowest BCUT2D eigenvalue weighted by molar-refractivity contribution is 0.0388. The van der Waals surface area contributed by atoms with Crippen LogP contribution in [0, 0.1) is 0 Å². The summed E-state index contributed by atoms with van der Waals surface area (Å²) >= 11 is 1.98. The smallest absolute Gasteiger partial charge is 0.160 e. The van der Waals surface area contributed by atoms with E-state index in [0.717, 1.165) is 45.9 Å². The maximum Gasteiger partial charge on any atom is 0.160 e. The van der Waals surface area contributed by atoms with E-state index in [2.05, 4.69) is 63.9 Å². The summed E-state index contributed by atoms with van der Waals surface area (Å²) in [5.74, 6) is 1.37. The Bertz CT molecular complexity index is 642. The van der Waals surface area contributed by atoms with E-state index in [0.29, 0.717) is 5.50 Å². The highest BCUT2D eigenvalue weighted by Crippen LogP contribution is 2.49. The van der Waals surface area contributed by atoms with Crippen LogP contribution in [0.4, 0.5) is 5.69 Å². The molecule has 0 bridgehead atoms. The van der Waals surface area contributed by atoms with Gasteiger partial charge in [-0.2, -0.15) is 0 Å². The standard InChI is InChI=1S/C20H30N4OS/c1-3-21(4-2)10-7-11-23-19(22-12-14-25-15-13-22)16-24-17-8-5-6-9-18(17)26-20(23)24/h5-6,8-9,16,20H,3-4,7,10-15H2,1-2H3. The second-order valence-electron chi connectivity index (χ2n) is 6.98. The Balaban J connectivity index is 1.51. The monoisotopic (exact) mass is 374 g/mol. The molecule has 0 N–H and O–H groups in total. The average Bonchev–Trinajstić information content (AvgIpc) is 3.22. The van der Waals surface area contributed by atoms with Crippen molar-refractivity contribution in [2.45, 2.75) is 30.7 Å². The minimum Gasteiger partial charge on any atom is -0.378 e. The molecule has 6 heteroatoms. The van der Waals surface area contributed by atoms with Gasteiger partial charge in [-0.25, -0.2) is 0 Å². The van der Waals surface area contributed by atoms with E-state index in [1.165, 1.54) is 29.4 Å². The van der Waals surface area contributed by atoms with Crippen LogP contribution in [-0.4, -0.2) is 72.7 Å². The summed E-state index contributed by atoms with van der Waals surface area (Å²) in [5.41, 5.74) is 1.71. The predicted octanol–water partition coefficient (Wildman–Crippen LogP) is 3.06. The number of rotatable bonds is 7. The van der Waals surface area contributed by atoms with Crippen LogP contribution in [0.2, 0.25) is 0 Å². The Hall–Kier alpha value is -1.37. The van der Waals surface area contributed by atoms with Gasteiger partial charge in [0.1, 0.15) is 5.82 Å². The number of anilines is 1. The van der Waals surface area contributed by atoms with Gasteiger partial charge in [0.15, 0.2) is 5.50 Å². The van der Waals surface area contributed by atoms with Gasteiger partial charge in [0.2, 0.25) is 0 Å². The molecule has 0 amide bonds. The van der Waals surface area contributed by atoms with Crippen LogP contribution in [0.15, 0.2) is 41.2 Å². The maximum atomic E-state index is 5.57. The molecule has 1 aromatic rings. The number of fused-ring (bicyclic) bond motifs is 3. The number of hydrogen-bond donors (Lipinski definition) is 0. The zero-order valence-electron chi connectivity index (χ0n) is 15.9. The van der Waals surface area contributed by atoms with Crippen LogP contribution >= 0.6 is 11.8 Å². The molecule has 5 nitrogen and oxygen atoms in total. The number of hydrogen-bond acceptors (Lipinski definition) is 6. The Morgan fingerprint density at radius 2 is 1.92 bits per heavy atom. The summed E-state index contributed by atoms with van der Waals surface area (Å²) in [5, 5.41) is 0. The van der Waals surface area contributed by atoms with Gasteiger partial charge in [0.25, 0.3) is 0 Å². The van der Waals surface area contributed by atoms with E-state index < -0.39 is 0 Å². The van der Waals surface area contributed by atoms with Crippen molar-refractivity contribution in [2.24, 2.45) is 0 Å². The van der Waals surface area contributed by atoms with Crippen molar-refractivity contribution in [3.05, 3.63) is 36.3 Å². The second-order valence-corrected chi connectivity index (χ2v) is 8.08. The molecule has 142 valence electrons. The van der Waals surface area contributed by atoms with Crippen LogP contribution in [-0.2, 0) is 4.74 Å². The molecular weight excluding hydrogens is 344 g/mol. The molecule has 3 aliphatic rings. The fraction of sp³-hybridized carbons (Fsp3) is 0.600. The zero-order chi connectivity index (χ0) is 17.9. The van der Waals surface area contributed by atoms with Gasteiger partial charge in [0.05, 0.1) is 18.9 Å². The number of ether oxygens (including phenoxy) is 1. The number of morpholine rings is 1. The lowest BCUT2D eigenvalue weighted by atomic mass is 10.3. The van der Waals surface area contributed by atoms with Crippen LogP contribution in [0.3, 0.4) is 0 Å². The molecule has 0 saturated carbocycles. The summed E-state index contributed by atoms with van der Waals surface area (Å²) in [4.78, 5) is 11.5. The molecule has 1 aromatic carbocycles. The van der Waals surface area contributed by atoms with Crippen molar-refractivity contribution in [2.75, 3.05) is 57.4 Å². The average molecular weight is 375 g/mol. The second kappa shape index (κ2) is 8.11. The topological polar surface area (TPSA) is 22.2 Å². The molecular formula is C20H30N4OS. The maximum absolute atomic E-state index is 5.57. The first-order valence-corrected chi connectivity index (χ1v) is 10.8. The predicted molar refractivity (Wildman–Crippen MR) is 108 cm³/mol. The van der Waals surface area contributed by atoms with Crippen LogP contribution < -0.4 is 4.90 Å². The molecule has 0 spiro atoms. The molecule has 1 saturated heterocycles. The third kappa shape index (κ3) is 3.42. The van der Waals surface area contributed by atoms with Gasteiger partial charge in [-0.15, -0.1) is 0 Å². The van der Waals surface area contributed by atoms with E-state index >= 15 is 0 Å². The molecule has 0 aromatic heterocycles. The Morgan fingerprint density at radius 1 is 1.15 bits per heavy atom. The Kier molecular flexibility index (Phi) is 5.62. The molecule has 3 aliphatic heterocycles. The highest BCUT2D eigenvalue weighted by atomic mass is 32.2. The van der Waals surface area contributed by atoms with Gasteiger partial charge in [-0.1, -0.05) is 37.7 Å². The van der Waals surface area contributed by atoms with E-state index in [-0.39, 0.29) is 0 Å². The Morgan fingerprint density at radius 3 is 2.69 bits per heavy atom. The third-order valence-corrected chi connectivity index (χ3v) is 6.82. The van der Waals surface area contributed by atoms with Gasteiger partial charge < -0.3 is 24.3 Å². The zero-order valence-corrected chi connectivity index (χ0v) is 16.7. The summed E-state index contributed by atoms with van der Waals surface area (Å²) < 4.78 is 5.57. The van der Waals surface area contributed by atoms with Gasteiger partial charge in [-0.05, 0) is 38.2 Å². The lowest BCUT2D eigenvalue weighted by Crippen LogP contribution is -2.44. The van der Waals surface area contributed by atoms with Crippen molar-refractivity contribution >= 4 is 17.4 Å². The van der Waals surface area contributed by atoms with Crippen molar-refractivity contribution < 1.29 is 4.74 Å². The quantitative estimate of drug-likeness (QED) is 0.726. The van der Waals surface area contributed by atoms with Crippen LogP contribution in [0.25, 0.3) is 0 Å². The highest BCUT2D eigenvalue weighted by Gasteiger charge is 2.41. The molecule has 1 fully saturated rings. The number of benzene rings is 1. The van der Waals surface area contributed by atoms with Gasteiger partial charge in [-0.3, -0.25) is 0 Å². The van der Waals surface area contributed by atoms with Crippen molar-refractivity contribution in [1.82, 2.24) is 14.7 Å². The number of nitrogens with zero attached hydrogens (tertiary/aromatic N) is 4. The first-order chi connectivity index (χ1) is 12.8. The molecule has 3 heterocycles. The summed E-state index contributed by atoms with van der Waals surface area (Å²) in [6.07, 6.45) is 3.57. The normalized spacial score (nSPS) is 22.0. The fourth-order valence-electron chi connectivity index (χ4n) is 4.00. The lowest BCUT2D eigenvalue weighted by Gasteiger charge is -2.37. The van der Waals surface area contributed by atoms with E-state index in [9.17, 15) is 0 Å². The largest absolute Gasteiger partial charge is 0.378 e. The van der Waals surface area contributed by atoms with Crippen molar-refractivity contribution in [3.63, 3.8) is 0 Å². The fourth-order valence-corrected chi connectivity index (χ4v) is 5.31. The minimum absolute atomic E-state index is 0.363. The van der Waals surface area contributed by atoms with Crippen LogP contribution in [0.1, 0.15) is 20.3 Å². The number of thioether (sulfide) groups is 1. The van der Waals surface area contributed by atoms with E-state index in [1.54, 1.807) is 0 Å². The summed E-state index contributed by atoms with van der Waals surface area (Å²) in [6, 6.07) is 8.78. The third-order valence-electron chi connectivity index (χ3n) is 5.53. The summed E-state index contributed by atoms with van der Waals surface area (Å²) in [7, 11) is 0. The highest BCUT2D eigenvalue weighted by molar-refractivity contribution is 8.00. The van der Waals surface area contributed by atoms with Gasteiger partial charge >= 0.3 is 0 Å². The van der Waals surface area contributed by atoms with Gasteiger partial charge in [0, 0.05) is 30.7 Å². The summed E-state index contributed by atoms with van der Waals surface area (Å²) in [6.45, 7) is 12.7.